The predicted molar refractivity (Wildman–Crippen MR) is 102 cm³/mol. The lowest BCUT2D eigenvalue weighted by molar-refractivity contribution is 0.0693. The number of rotatable bonds is 7. The third-order valence-corrected chi connectivity index (χ3v) is 4.42. The number of likely N-dealkylation sites (N-methyl/N-ethyl adjacent to an activating group) is 2. The highest BCUT2D eigenvalue weighted by atomic mass is 16.2. The first-order valence-corrected chi connectivity index (χ1v) is 8.89. The van der Waals surface area contributed by atoms with Crippen LogP contribution in [0.1, 0.15) is 54.5 Å². The summed E-state index contributed by atoms with van der Waals surface area (Å²) in [5.74, 6) is 0.313. The first-order valence-electron chi connectivity index (χ1n) is 8.89. The van der Waals surface area contributed by atoms with E-state index in [2.05, 4.69) is 36.0 Å². The molecule has 1 aromatic carbocycles. The molecule has 0 radical (unpaired) electrons. The number of carbonyl (C=O) groups is 1. The van der Waals surface area contributed by atoms with Crippen molar-refractivity contribution in [1.82, 2.24) is 19.6 Å². The van der Waals surface area contributed by atoms with Crippen molar-refractivity contribution in [2.75, 3.05) is 27.7 Å². The quantitative estimate of drug-likeness (QED) is 0.774. The largest absolute Gasteiger partial charge is 0.332 e. The van der Waals surface area contributed by atoms with Gasteiger partial charge < -0.3 is 9.80 Å². The Labute approximate surface area is 151 Å². The standard InChI is InChI=1S/C20H30N4O/c1-7-24-18(13-17(21-24)15(2)3)20(25)23(6)19(14-22(4)5)16-11-9-8-10-12-16/h8-13,15,19H,7,14H2,1-6H3. The van der Waals surface area contributed by atoms with Crippen LogP contribution in [0.3, 0.4) is 0 Å². The van der Waals surface area contributed by atoms with Gasteiger partial charge in [-0.3, -0.25) is 9.48 Å². The van der Waals surface area contributed by atoms with E-state index in [9.17, 15) is 4.79 Å². The molecule has 1 heterocycles. The van der Waals surface area contributed by atoms with Gasteiger partial charge in [0.1, 0.15) is 5.69 Å². The molecule has 1 aromatic heterocycles. The molecule has 2 aromatic rings. The van der Waals surface area contributed by atoms with Crippen LogP contribution in [-0.2, 0) is 6.54 Å². The molecule has 2 rings (SSSR count). The molecule has 5 nitrogen and oxygen atoms in total. The molecule has 1 unspecified atom stereocenters. The fourth-order valence-electron chi connectivity index (χ4n) is 2.93. The van der Waals surface area contributed by atoms with Crippen molar-refractivity contribution in [3.63, 3.8) is 0 Å². The topological polar surface area (TPSA) is 41.4 Å². The maximum atomic E-state index is 13.2. The Bertz CT molecular complexity index is 691. The summed E-state index contributed by atoms with van der Waals surface area (Å²) < 4.78 is 1.81. The molecule has 0 aliphatic rings. The average molecular weight is 342 g/mol. The van der Waals surface area contributed by atoms with Gasteiger partial charge in [0.25, 0.3) is 5.91 Å². The minimum Gasteiger partial charge on any atom is -0.332 e. The second-order valence-electron chi connectivity index (χ2n) is 7.03. The molecule has 0 saturated heterocycles. The third-order valence-electron chi connectivity index (χ3n) is 4.42. The summed E-state index contributed by atoms with van der Waals surface area (Å²) in [6.45, 7) is 7.66. The third kappa shape index (κ3) is 4.48. The SMILES string of the molecule is CCn1nc(C(C)C)cc1C(=O)N(C)C(CN(C)C)c1ccccc1. The van der Waals surface area contributed by atoms with Crippen molar-refractivity contribution in [3.05, 3.63) is 53.3 Å². The summed E-state index contributed by atoms with van der Waals surface area (Å²) in [7, 11) is 5.94. The molecule has 0 aliphatic heterocycles. The Morgan fingerprint density at radius 1 is 1.16 bits per heavy atom. The molecule has 25 heavy (non-hydrogen) atoms. The van der Waals surface area contributed by atoms with Crippen LogP contribution in [0.5, 0.6) is 0 Å². The number of hydrogen-bond donors (Lipinski definition) is 0. The molecular weight excluding hydrogens is 312 g/mol. The average Bonchev–Trinajstić information content (AvgIpc) is 3.03. The summed E-state index contributed by atoms with van der Waals surface area (Å²) in [5, 5.41) is 4.58. The summed E-state index contributed by atoms with van der Waals surface area (Å²) in [5.41, 5.74) is 2.76. The van der Waals surface area contributed by atoms with Crippen molar-refractivity contribution in [2.45, 2.75) is 39.3 Å². The molecule has 0 N–H and O–H groups in total. The van der Waals surface area contributed by atoms with E-state index in [1.165, 1.54) is 0 Å². The van der Waals surface area contributed by atoms with Gasteiger partial charge >= 0.3 is 0 Å². The normalized spacial score (nSPS) is 12.6. The van der Waals surface area contributed by atoms with Gasteiger partial charge in [-0.2, -0.15) is 5.10 Å². The zero-order chi connectivity index (χ0) is 18.6. The maximum Gasteiger partial charge on any atom is 0.272 e. The second kappa shape index (κ2) is 8.30. The van der Waals surface area contributed by atoms with Gasteiger partial charge in [0.05, 0.1) is 11.7 Å². The van der Waals surface area contributed by atoms with Crippen LogP contribution in [-0.4, -0.2) is 53.2 Å². The minimum absolute atomic E-state index is 0.00796. The molecular formula is C20H30N4O. The number of aromatic nitrogens is 2. The van der Waals surface area contributed by atoms with E-state index in [1.807, 2.05) is 61.9 Å². The summed E-state index contributed by atoms with van der Waals surface area (Å²) in [4.78, 5) is 17.1. The molecule has 5 heteroatoms. The smallest absolute Gasteiger partial charge is 0.272 e. The number of benzene rings is 1. The lowest BCUT2D eigenvalue weighted by Crippen LogP contribution is -2.38. The number of amides is 1. The number of aryl methyl sites for hydroxylation is 1. The van der Waals surface area contributed by atoms with E-state index in [0.29, 0.717) is 18.2 Å². The highest BCUT2D eigenvalue weighted by molar-refractivity contribution is 5.93. The van der Waals surface area contributed by atoms with Crippen molar-refractivity contribution in [1.29, 1.82) is 0 Å². The molecule has 0 bridgehead atoms. The van der Waals surface area contributed by atoms with E-state index >= 15 is 0 Å². The van der Waals surface area contributed by atoms with E-state index in [-0.39, 0.29) is 11.9 Å². The summed E-state index contributed by atoms with van der Waals surface area (Å²) >= 11 is 0. The Morgan fingerprint density at radius 3 is 2.32 bits per heavy atom. The van der Waals surface area contributed by atoms with Gasteiger partial charge in [0, 0.05) is 20.1 Å². The van der Waals surface area contributed by atoms with Crippen LogP contribution in [0.4, 0.5) is 0 Å². The summed E-state index contributed by atoms with van der Waals surface area (Å²) in [6.07, 6.45) is 0. The fraction of sp³-hybridized carbons (Fsp3) is 0.500. The Balaban J connectivity index is 2.35. The highest BCUT2D eigenvalue weighted by Crippen LogP contribution is 2.23. The number of carbonyl (C=O) groups excluding carboxylic acids is 1. The predicted octanol–water partition coefficient (Wildman–Crippen LogP) is 3.40. The van der Waals surface area contributed by atoms with Gasteiger partial charge in [-0.25, -0.2) is 0 Å². The maximum absolute atomic E-state index is 13.2. The van der Waals surface area contributed by atoms with Crippen LogP contribution >= 0.6 is 0 Å². The highest BCUT2D eigenvalue weighted by Gasteiger charge is 2.26. The molecule has 0 saturated carbocycles. The van der Waals surface area contributed by atoms with E-state index in [0.717, 1.165) is 17.8 Å². The van der Waals surface area contributed by atoms with E-state index < -0.39 is 0 Å². The van der Waals surface area contributed by atoms with Crippen molar-refractivity contribution < 1.29 is 4.79 Å². The van der Waals surface area contributed by atoms with Crippen LogP contribution in [0, 0.1) is 0 Å². The lowest BCUT2D eigenvalue weighted by atomic mass is 10.0. The second-order valence-corrected chi connectivity index (χ2v) is 7.03. The van der Waals surface area contributed by atoms with Crippen LogP contribution in [0.25, 0.3) is 0 Å². The first kappa shape index (κ1) is 19.2. The number of hydrogen-bond acceptors (Lipinski definition) is 3. The Morgan fingerprint density at radius 2 is 1.80 bits per heavy atom. The minimum atomic E-state index is -0.00796. The molecule has 1 atom stereocenters. The van der Waals surface area contributed by atoms with E-state index in [1.54, 1.807) is 0 Å². The number of nitrogens with zero attached hydrogens (tertiary/aromatic N) is 4. The van der Waals surface area contributed by atoms with Crippen molar-refractivity contribution in [3.8, 4) is 0 Å². The molecule has 0 spiro atoms. The van der Waals surface area contributed by atoms with Gasteiger partial charge in [-0.15, -0.1) is 0 Å². The first-order chi connectivity index (χ1) is 11.8. The Kier molecular flexibility index (Phi) is 6.37. The van der Waals surface area contributed by atoms with Gasteiger partial charge in [0.15, 0.2) is 0 Å². The lowest BCUT2D eigenvalue weighted by Gasteiger charge is -2.31. The molecule has 1 amide bonds. The van der Waals surface area contributed by atoms with Gasteiger partial charge in [0.2, 0.25) is 0 Å². The van der Waals surface area contributed by atoms with Crippen molar-refractivity contribution >= 4 is 5.91 Å². The monoisotopic (exact) mass is 342 g/mol. The van der Waals surface area contributed by atoms with Crippen molar-refractivity contribution in [2.24, 2.45) is 0 Å². The molecule has 0 fully saturated rings. The fourth-order valence-corrected chi connectivity index (χ4v) is 2.93. The van der Waals surface area contributed by atoms with Gasteiger partial charge in [-0.05, 0) is 38.6 Å². The van der Waals surface area contributed by atoms with E-state index in [4.69, 9.17) is 0 Å². The zero-order valence-electron chi connectivity index (χ0n) is 16.2. The summed E-state index contributed by atoms with van der Waals surface area (Å²) in [6, 6.07) is 12.1. The van der Waals surface area contributed by atoms with Crippen LogP contribution in [0.2, 0.25) is 0 Å². The Hall–Kier alpha value is -2.14. The van der Waals surface area contributed by atoms with Crippen LogP contribution < -0.4 is 0 Å². The van der Waals surface area contributed by atoms with Crippen LogP contribution in [0.15, 0.2) is 36.4 Å². The molecule has 0 aliphatic carbocycles. The molecule has 136 valence electrons. The van der Waals surface area contributed by atoms with Gasteiger partial charge in [-0.1, -0.05) is 44.2 Å². The zero-order valence-corrected chi connectivity index (χ0v) is 16.2.